The van der Waals surface area contributed by atoms with Crippen LogP contribution in [-0.4, -0.2) is 79.1 Å². The Morgan fingerprint density at radius 2 is 1.74 bits per heavy atom. The van der Waals surface area contributed by atoms with Gasteiger partial charge in [-0.1, -0.05) is 6.92 Å². The summed E-state index contributed by atoms with van der Waals surface area (Å²) in [4.78, 5) is 11.7. The van der Waals surface area contributed by atoms with Crippen LogP contribution in [0.3, 0.4) is 0 Å². The molecule has 1 heterocycles. The molecular formula is C14H31N5. The zero-order valence-corrected chi connectivity index (χ0v) is 13.1. The fourth-order valence-corrected chi connectivity index (χ4v) is 2.51. The number of hydrogen-bond donors (Lipinski definition) is 1. The Kier molecular flexibility index (Phi) is 7.16. The molecule has 1 saturated heterocycles. The van der Waals surface area contributed by atoms with E-state index in [1.807, 2.05) is 0 Å². The van der Waals surface area contributed by atoms with Gasteiger partial charge in [0.05, 0.1) is 6.54 Å². The molecule has 1 atom stereocenters. The molecule has 5 nitrogen and oxygen atoms in total. The van der Waals surface area contributed by atoms with Gasteiger partial charge in [0.15, 0.2) is 5.96 Å². The van der Waals surface area contributed by atoms with E-state index < -0.39 is 0 Å². The molecule has 2 N–H and O–H groups in total. The Hall–Kier alpha value is -0.810. The van der Waals surface area contributed by atoms with Crippen LogP contribution in [0, 0.1) is 0 Å². The monoisotopic (exact) mass is 269 g/mol. The summed E-state index contributed by atoms with van der Waals surface area (Å²) >= 11 is 0. The zero-order chi connectivity index (χ0) is 14.3. The van der Waals surface area contributed by atoms with Crippen LogP contribution in [-0.2, 0) is 0 Å². The molecule has 1 aliphatic heterocycles. The fraction of sp³-hybridized carbons (Fsp3) is 0.929. The SMILES string of the molecule is CCN1CCN(C(C)CN=C(N)N(CC)CC)CC1. The summed E-state index contributed by atoms with van der Waals surface area (Å²) in [6.07, 6.45) is 0. The van der Waals surface area contributed by atoms with Crippen molar-refractivity contribution in [1.82, 2.24) is 14.7 Å². The first-order valence-electron chi connectivity index (χ1n) is 7.63. The fourth-order valence-electron chi connectivity index (χ4n) is 2.51. The number of nitrogens with zero attached hydrogens (tertiary/aromatic N) is 4. The predicted molar refractivity (Wildman–Crippen MR) is 82.6 cm³/mol. The second-order valence-corrected chi connectivity index (χ2v) is 5.19. The second kappa shape index (κ2) is 8.38. The molecule has 0 aromatic heterocycles. The van der Waals surface area contributed by atoms with Gasteiger partial charge >= 0.3 is 0 Å². The maximum atomic E-state index is 6.01. The molecule has 0 spiro atoms. The first-order chi connectivity index (χ1) is 9.12. The van der Waals surface area contributed by atoms with Gasteiger partial charge in [-0.2, -0.15) is 0 Å². The number of rotatable bonds is 6. The highest BCUT2D eigenvalue weighted by Gasteiger charge is 2.19. The van der Waals surface area contributed by atoms with Crippen molar-refractivity contribution in [2.24, 2.45) is 10.7 Å². The minimum Gasteiger partial charge on any atom is -0.370 e. The molecule has 0 saturated carbocycles. The second-order valence-electron chi connectivity index (χ2n) is 5.19. The molecule has 0 aromatic carbocycles. The molecule has 1 aliphatic rings. The van der Waals surface area contributed by atoms with Crippen molar-refractivity contribution in [1.29, 1.82) is 0 Å². The Morgan fingerprint density at radius 1 is 1.16 bits per heavy atom. The van der Waals surface area contributed by atoms with Gasteiger partial charge in [-0.3, -0.25) is 9.89 Å². The van der Waals surface area contributed by atoms with E-state index in [2.05, 4.69) is 47.4 Å². The average Bonchev–Trinajstić information content (AvgIpc) is 2.46. The Balaban J connectivity index is 2.38. The molecule has 0 radical (unpaired) electrons. The van der Waals surface area contributed by atoms with Gasteiger partial charge < -0.3 is 15.5 Å². The molecule has 1 fully saturated rings. The quantitative estimate of drug-likeness (QED) is 0.569. The third kappa shape index (κ3) is 4.99. The number of hydrogen-bond acceptors (Lipinski definition) is 3. The van der Waals surface area contributed by atoms with E-state index in [1.54, 1.807) is 0 Å². The van der Waals surface area contributed by atoms with Gasteiger partial charge in [0, 0.05) is 45.3 Å². The standard InChI is InChI=1S/C14H31N5/c1-5-17-8-10-19(11-9-17)13(4)12-16-14(15)18(6-2)7-3/h13H,5-12H2,1-4H3,(H2,15,16). The van der Waals surface area contributed by atoms with Crippen molar-refractivity contribution in [3.05, 3.63) is 0 Å². The van der Waals surface area contributed by atoms with Gasteiger partial charge in [0.1, 0.15) is 0 Å². The first kappa shape index (κ1) is 16.2. The van der Waals surface area contributed by atoms with E-state index in [0.29, 0.717) is 12.0 Å². The van der Waals surface area contributed by atoms with E-state index in [4.69, 9.17) is 5.73 Å². The van der Waals surface area contributed by atoms with E-state index in [9.17, 15) is 0 Å². The highest BCUT2D eigenvalue weighted by atomic mass is 15.3. The van der Waals surface area contributed by atoms with E-state index in [1.165, 1.54) is 13.1 Å². The largest absolute Gasteiger partial charge is 0.370 e. The van der Waals surface area contributed by atoms with Crippen LogP contribution >= 0.6 is 0 Å². The van der Waals surface area contributed by atoms with Gasteiger partial charge in [-0.05, 0) is 27.3 Å². The van der Waals surface area contributed by atoms with Crippen molar-refractivity contribution in [3.8, 4) is 0 Å². The van der Waals surface area contributed by atoms with Crippen LogP contribution < -0.4 is 5.73 Å². The van der Waals surface area contributed by atoms with Crippen molar-refractivity contribution >= 4 is 5.96 Å². The van der Waals surface area contributed by atoms with Crippen LogP contribution in [0.5, 0.6) is 0 Å². The minimum absolute atomic E-state index is 0.480. The van der Waals surface area contributed by atoms with E-state index in [0.717, 1.165) is 39.3 Å². The normalized spacial score (nSPS) is 20.5. The predicted octanol–water partition coefficient (Wildman–Crippen LogP) is 0.669. The summed E-state index contributed by atoms with van der Waals surface area (Å²) in [5.74, 6) is 0.684. The minimum atomic E-state index is 0.480. The van der Waals surface area contributed by atoms with Crippen molar-refractivity contribution < 1.29 is 0 Å². The number of likely N-dealkylation sites (N-methyl/N-ethyl adjacent to an activating group) is 1. The molecule has 0 amide bonds. The third-order valence-corrected chi connectivity index (χ3v) is 4.08. The highest BCUT2D eigenvalue weighted by Crippen LogP contribution is 2.06. The number of guanidine groups is 1. The molecule has 1 unspecified atom stereocenters. The van der Waals surface area contributed by atoms with Crippen molar-refractivity contribution in [3.63, 3.8) is 0 Å². The number of aliphatic imine (C=N–C) groups is 1. The molecule has 0 bridgehead atoms. The summed E-state index contributed by atoms with van der Waals surface area (Å²) in [7, 11) is 0. The summed E-state index contributed by atoms with van der Waals surface area (Å²) in [6, 6.07) is 0.480. The van der Waals surface area contributed by atoms with Crippen LogP contribution in [0.1, 0.15) is 27.7 Å². The zero-order valence-electron chi connectivity index (χ0n) is 13.1. The number of nitrogens with two attached hydrogens (primary N) is 1. The average molecular weight is 269 g/mol. The van der Waals surface area contributed by atoms with E-state index >= 15 is 0 Å². The Morgan fingerprint density at radius 3 is 2.21 bits per heavy atom. The molecule has 0 aliphatic carbocycles. The van der Waals surface area contributed by atoms with Gasteiger partial charge in [0.2, 0.25) is 0 Å². The Bertz CT molecular complexity index is 267. The van der Waals surface area contributed by atoms with Crippen molar-refractivity contribution in [2.75, 3.05) is 52.4 Å². The summed E-state index contributed by atoms with van der Waals surface area (Å²) < 4.78 is 0. The highest BCUT2D eigenvalue weighted by molar-refractivity contribution is 5.78. The van der Waals surface area contributed by atoms with E-state index in [-0.39, 0.29) is 0 Å². The van der Waals surface area contributed by atoms with Gasteiger partial charge in [-0.25, -0.2) is 0 Å². The van der Waals surface area contributed by atoms with Crippen LogP contribution in [0.15, 0.2) is 4.99 Å². The first-order valence-corrected chi connectivity index (χ1v) is 7.63. The molecule has 5 heteroatoms. The maximum absolute atomic E-state index is 6.01. The van der Waals surface area contributed by atoms with Crippen LogP contribution in [0.25, 0.3) is 0 Å². The summed E-state index contributed by atoms with van der Waals surface area (Å²) in [6.45, 7) is 17.2. The van der Waals surface area contributed by atoms with Crippen LogP contribution in [0.2, 0.25) is 0 Å². The van der Waals surface area contributed by atoms with Crippen LogP contribution in [0.4, 0.5) is 0 Å². The topological polar surface area (TPSA) is 48.1 Å². The van der Waals surface area contributed by atoms with Gasteiger partial charge in [0.25, 0.3) is 0 Å². The Labute approximate surface area is 118 Å². The lowest BCUT2D eigenvalue weighted by molar-refractivity contribution is 0.109. The lowest BCUT2D eigenvalue weighted by Crippen LogP contribution is -2.50. The smallest absolute Gasteiger partial charge is 0.191 e. The third-order valence-electron chi connectivity index (χ3n) is 4.08. The molecule has 1 rings (SSSR count). The maximum Gasteiger partial charge on any atom is 0.191 e. The van der Waals surface area contributed by atoms with Crippen molar-refractivity contribution in [2.45, 2.75) is 33.7 Å². The molecule has 0 aromatic rings. The molecule has 112 valence electrons. The lowest BCUT2D eigenvalue weighted by Gasteiger charge is -2.37. The summed E-state index contributed by atoms with van der Waals surface area (Å²) in [5.41, 5.74) is 6.01. The molecule has 19 heavy (non-hydrogen) atoms. The lowest BCUT2D eigenvalue weighted by atomic mass is 10.2. The molecular weight excluding hydrogens is 238 g/mol. The number of piperazine rings is 1. The van der Waals surface area contributed by atoms with Gasteiger partial charge in [-0.15, -0.1) is 0 Å². The summed E-state index contributed by atoms with van der Waals surface area (Å²) in [5, 5.41) is 0.